The molecule has 0 saturated heterocycles. The van der Waals surface area contributed by atoms with Crippen molar-refractivity contribution in [3.05, 3.63) is 43.0 Å². The first-order chi connectivity index (χ1) is 9.24. The van der Waals surface area contributed by atoms with Gasteiger partial charge in [0, 0.05) is 18.4 Å². The smallest absolute Gasteiger partial charge is 0.0992 e. The Labute approximate surface area is 114 Å². The van der Waals surface area contributed by atoms with E-state index in [2.05, 4.69) is 53.0 Å². The van der Waals surface area contributed by atoms with Crippen LogP contribution in [0.5, 0.6) is 0 Å². The van der Waals surface area contributed by atoms with Gasteiger partial charge in [0.05, 0.1) is 17.7 Å². The lowest BCUT2D eigenvalue weighted by molar-refractivity contribution is 0.212. The van der Waals surface area contributed by atoms with Crippen LogP contribution in [0.15, 0.2) is 43.0 Å². The number of rotatable bonds is 4. The zero-order chi connectivity index (χ0) is 13.2. The summed E-state index contributed by atoms with van der Waals surface area (Å²) in [5.74, 6) is 1.69. The molecule has 0 amide bonds. The maximum atomic E-state index is 4.12. The first-order valence-corrected chi connectivity index (χ1v) is 7.08. The molecule has 1 heterocycles. The van der Waals surface area contributed by atoms with Crippen LogP contribution in [-0.2, 0) is 0 Å². The molecule has 2 aromatic rings. The minimum atomic E-state index is 0.622. The molecule has 3 nitrogen and oxygen atoms in total. The topological polar surface area (TPSA) is 29.9 Å². The second kappa shape index (κ2) is 5.08. The Balaban J connectivity index is 1.72. The lowest BCUT2D eigenvalue weighted by Gasteiger charge is -2.39. The Morgan fingerprint density at radius 3 is 2.74 bits per heavy atom. The van der Waals surface area contributed by atoms with Gasteiger partial charge in [-0.1, -0.05) is 26.0 Å². The van der Waals surface area contributed by atoms with Gasteiger partial charge in [0.25, 0.3) is 0 Å². The first kappa shape index (κ1) is 12.3. The molecule has 1 aliphatic rings. The molecular formula is C16H21N3. The number of anilines is 1. The van der Waals surface area contributed by atoms with E-state index in [4.69, 9.17) is 0 Å². The Hall–Kier alpha value is -1.77. The van der Waals surface area contributed by atoms with E-state index in [1.165, 1.54) is 24.2 Å². The van der Waals surface area contributed by atoms with Crippen molar-refractivity contribution in [3.63, 3.8) is 0 Å². The van der Waals surface area contributed by atoms with Gasteiger partial charge in [-0.3, -0.25) is 0 Å². The lowest BCUT2D eigenvalue weighted by Crippen LogP contribution is -2.38. The van der Waals surface area contributed by atoms with Crippen LogP contribution in [0.1, 0.15) is 26.7 Å². The molecule has 19 heavy (non-hydrogen) atoms. The van der Waals surface area contributed by atoms with Crippen molar-refractivity contribution < 1.29 is 0 Å². The van der Waals surface area contributed by atoms with Gasteiger partial charge in [-0.25, -0.2) is 4.98 Å². The number of benzene rings is 1. The highest BCUT2D eigenvalue weighted by molar-refractivity contribution is 5.61. The van der Waals surface area contributed by atoms with E-state index in [1.807, 2.05) is 18.7 Å². The van der Waals surface area contributed by atoms with E-state index in [9.17, 15) is 0 Å². The monoisotopic (exact) mass is 255 g/mol. The zero-order valence-electron chi connectivity index (χ0n) is 11.6. The predicted molar refractivity (Wildman–Crippen MR) is 78.5 cm³/mol. The Morgan fingerprint density at radius 1 is 1.26 bits per heavy atom. The van der Waals surface area contributed by atoms with Gasteiger partial charge in [-0.05, 0) is 36.8 Å². The van der Waals surface area contributed by atoms with Gasteiger partial charge >= 0.3 is 0 Å². The molecule has 0 atom stereocenters. The number of hydrogen-bond acceptors (Lipinski definition) is 2. The fourth-order valence-corrected chi connectivity index (χ4v) is 2.77. The summed E-state index contributed by atoms with van der Waals surface area (Å²) in [5, 5.41) is 3.67. The highest BCUT2D eigenvalue weighted by atomic mass is 15.1. The summed E-state index contributed by atoms with van der Waals surface area (Å²) in [4.78, 5) is 4.12. The van der Waals surface area contributed by atoms with Crippen molar-refractivity contribution in [3.8, 4) is 5.69 Å². The van der Waals surface area contributed by atoms with Crippen LogP contribution in [0.2, 0.25) is 0 Å². The molecule has 0 radical (unpaired) electrons. The van der Waals surface area contributed by atoms with Crippen LogP contribution in [0.25, 0.3) is 5.69 Å². The van der Waals surface area contributed by atoms with Crippen molar-refractivity contribution in [1.29, 1.82) is 0 Å². The minimum Gasteiger partial charge on any atom is -0.381 e. The molecule has 0 spiro atoms. The number of nitrogens with zero attached hydrogens (tertiary/aromatic N) is 2. The van der Waals surface area contributed by atoms with E-state index in [0.29, 0.717) is 6.04 Å². The number of nitrogens with one attached hydrogen (secondary N) is 1. The number of hydrogen-bond donors (Lipinski definition) is 1. The third-order valence-electron chi connectivity index (χ3n) is 4.16. The molecule has 3 rings (SSSR count). The molecule has 1 aromatic carbocycles. The molecule has 1 aliphatic carbocycles. The summed E-state index contributed by atoms with van der Waals surface area (Å²) in [7, 11) is 0. The number of imidazole rings is 1. The summed E-state index contributed by atoms with van der Waals surface area (Å²) in [5.41, 5.74) is 2.38. The highest BCUT2D eigenvalue weighted by Gasteiger charge is 2.31. The van der Waals surface area contributed by atoms with Gasteiger partial charge in [0.15, 0.2) is 0 Å². The van der Waals surface area contributed by atoms with Crippen molar-refractivity contribution in [2.45, 2.75) is 32.7 Å². The number of aromatic nitrogens is 2. The molecule has 1 N–H and O–H groups in total. The van der Waals surface area contributed by atoms with E-state index in [-0.39, 0.29) is 0 Å². The van der Waals surface area contributed by atoms with E-state index in [1.54, 1.807) is 0 Å². The molecule has 1 saturated carbocycles. The number of para-hydroxylation sites is 2. The Morgan fingerprint density at radius 2 is 2.05 bits per heavy atom. The molecule has 100 valence electrons. The molecular weight excluding hydrogens is 234 g/mol. The molecule has 0 unspecified atom stereocenters. The average molecular weight is 255 g/mol. The van der Waals surface area contributed by atoms with Crippen LogP contribution in [0, 0.1) is 11.8 Å². The van der Waals surface area contributed by atoms with Gasteiger partial charge in [0.2, 0.25) is 0 Å². The summed E-state index contributed by atoms with van der Waals surface area (Å²) >= 11 is 0. The quantitative estimate of drug-likeness (QED) is 0.902. The van der Waals surface area contributed by atoms with E-state index < -0.39 is 0 Å². The molecule has 0 bridgehead atoms. The predicted octanol–water partition coefficient (Wildman–Crippen LogP) is 3.72. The van der Waals surface area contributed by atoms with Gasteiger partial charge in [-0.2, -0.15) is 0 Å². The summed E-state index contributed by atoms with van der Waals surface area (Å²) in [6, 6.07) is 9.05. The van der Waals surface area contributed by atoms with Crippen LogP contribution >= 0.6 is 0 Å². The molecule has 0 aliphatic heterocycles. The average Bonchev–Trinajstić information content (AvgIpc) is 2.87. The molecule has 1 fully saturated rings. The maximum Gasteiger partial charge on any atom is 0.0992 e. The first-order valence-electron chi connectivity index (χ1n) is 7.08. The van der Waals surface area contributed by atoms with Crippen LogP contribution < -0.4 is 5.32 Å². The standard InChI is InChI=1S/C16H21N3/c1-12(2)13-9-14(10-13)18-15-5-3-4-6-16(15)19-8-7-17-11-19/h3-8,11-14,18H,9-10H2,1-2H3. The van der Waals surface area contributed by atoms with Crippen molar-refractivity contribution in [2.75, 3.05) is 5.32 Å². The second-order valence-electron chi connectivity index (χ2n) is 5.80. The van der Waals surface area contributed by atoms with Crippen LogP contribution in [0.3, 0.4) is 0 Å². The zero-order valence-corrected chi connectivity index (χ0v) is 11.6. The normalized spacial score (nSPS) is 22.3. The largest absolute Gasteiger partial charge is 0.381 e. The third kappa shape index (κ3) is 2.50. The molecule has 1 aromatic heterocycles. The Bertz CT molecular complexity index is 525. The highest BCUT2D eigenvalue weighted by Crippen LogP contribution is 2.36. The van der Waals surface area contributed by atoms with Crippen LogP contribution in [-0.4, -0.2) is 15.6 Å². The van der Waals surface area contributed by atoms with E-state index >= 15 is 0 Å². The third-order valence-corrected chi connectivity index (χ3v) is 4.16. The minimum absolute atomic E-state index is 0.622. The summed E-state index contributed by atoms with van der Waals surface area (Å²) in [6.45, 7) is 4.64. The van der Waals surface area contributed by atoms with Gasteiger partial charge in [0.1, 0.15) is 0 Å². The van der Waals surface area contributed by atoms with Gasteiger partial charge in [-0.15, -0.1) is 0 Å². The summed E-state index contributed by atoms with van der Waals surface area (Å²) < 4.78 is 2.06. The van der Waals surface area contributed by atoms with Crippen molar-refractivity contribution in [1.82, 2.24) is 9.55 Å². The van der Waals surface area contributed by atoms with Crippen molar-refractivity contribution >= 4 is 5.69 Å². The SMILES string of the molecule is CC(C)C1CC(Nc2ccccc2-n2ccnc2)C1. The van der Waals surface area contributed by atoms with Crippen LogP contribution in [0.4, 0.5) is 5.69 Å². The lowest BCUT2D eigenvalue weighted by atomic mass is 9.73. The second-order valence-corrected chi connectivity index (χ2v) is 5.80. The fourth-order valence-electron chi connectivity index (χ4n) is 2.77. The Kier molecular flexibility index (Phi) is 3.28. The molecule has 3 heteroatoms. The van der Waals surface area contributed by atoms with E-state index in [0.717, 1.165) is 11.8 Å². The van der Waals surface area contributed by atoms with Crippen molar-refractivity contribution in [2.24, 2.45) is 11.8 Å². The fraction of sp³-hybridized carbons (Fsp3) is 0.438. The van der Waals surface area contributed by atoms with Gasteiger partial charge < -0.3 is 9.88 Å². The summed E-state index contributed by atoms with van der Waals surface area (Å²) in [6.07, 6.45) is 8.22. The maximum absolute atomic E-state index is 4.12.